The summed E-state index contributed by atoms with van der Waals surface area (Å²) in [6.07, 6.45) is 0. The van der Waals surface area contributed by atoms with Crippen LogP contribution in [0.5, 0.6) is 0 Å². The molecule has 0 saturated heterocycles. The molecule has 0 aliphatic heterocycles. The molecule has 0 aliphatic carbocycles. The van der Waals surface area contributed by atoms with E-state index in [1.807, 2.05) is 62.5 Å². The third-order valence-corrected chi connectivity index (χ3v) is 2.98. The van der Waals surface area contributed by atoms with E-state index in [-0.39, 0.29) is 5.91 Å². The molecule has 0 fully saturated rings. The van der Waals surface area contributed by atoms with Crippen molar-refractivity contribution in [3.63, 3.8) is 0 Å². The normalized spacial score (nSPS) is 10.2. The Morgan fingerprint density at radius 1 is 1.05 bits per heavy atom. The maximum Gasteiger partial charge on any atom is 0.255 e. The number of aryl methyl sites for hydroxylation is 1. The van der Waals surface area contributed by atoms with Crippen molar-refractivity contribution in [2.45, 2.75) is 13.5 Å². The van der Waals surface area contributed by atoms with Crippen molar-refractivity contribution in [2.24, 2.45) is 0 Å². The van der Waals surface area contributed by atoms with E-state index in [1.54, 1.807) is 0 Å². The summed E-state index contributed by atoms with van der Waals surface area (Å²) in [5.41, 5.74) is 3.69. The number of benzene rings is 2. The molecule has 2 aromatic carbocycles. The number of carbonyl (C=O) groups is 1. The molecular weight excluding hydrogens is 236 g/mol. The van der Waals surface area contributed by atoms with Crippen LogP contribution in [0, 0.1) is 6.92 Å². The molecule has 0 saturated carbocycles. The van der Waals surface area contributed by atoms with Crippen molar-refractivity contribution in [1.82, 2.24) is 5.32 Å². The van der Waals surface area contributed by atoms with Crippen LogP contribution in [0.15, 0.2) is 48.5 Å². The van der Waals surface area contributed by atoms with Crippen LogP contribution in [-0.2, 0) is 6.54 Å². The van der Waals surface area contributed by atoms with Crippen molar-refractivity contribution in [3.8, 4) is 0 Å². The summed E-state index contributed by atoms with van der Waals surface area (Å²) in [7, 11) is 1.91. The molecule has 19 heavy (non-hydrogen) atoms. The largest absolute Gasteiger partial charge is 0.322 e. The van der Waals surface area contributed by atoms with E-state index < -0.39 is 0 Å². The maximum atomic E-state index is 12.1. The lowest BCUT2D eigenvalue weighted by molar-refractivity contribution is 0.102. The fourth-order valence-corrected chi connectivity index (χ4v) is 1.94. The number of hydrogen-bond donors (Lipinski definition) is 2. The third-order valence-electron chi connectivity index (χ3n) is 2.98. The van der Waals surface area contributed by atoms with Crippen LogP contribution in [0.1, 0.15) is 21.5 Å². The van der Waals surface area contributed by atoms with Gasteiger partial charge in [0.15, 0.2) is 0 Å². The van der Waals surface area contributed by atoms with Crippen LogP contribution in [0.25, 0.3) is 0 Å². The zero-order chi connectivity index (χ0) is 13.7. The van der Waals surface area contributed by atoms with E-state index in [1.165, 1.54) is 5.56 Å². The lowest BCUT2D eigenvalue weighted by Crippen LogP contribution is -2.13. The van der Waals surface area contributed by atoms with Gasteiger partial charge in [0.25, 0.3) is 5.91 Å². The number of amides is 1. The predicted octanol–water partition coefficient (Wildman–Crippen LogP) is 2.97. The Hall–Kier alpha value is -2.13. The minimum Gasteiger partial charge on any atom is -0.322 e. The number of carbonyl (C=O) groups excluding carboxylic acids is 1. The minimum atomic E-state index is -0.0699. The van der Waals surface area contributed by atoms with E-state index >= 15 is 0 Å². The fraction of sp³-hybridized carbons (Fsp3) is 0.188. The molecule has 2 rings (SSSR count). The van der Waals surface area contributed by atoms with Crippen molar-refractivity contribution in [2.75, 3.05) is 12.4 Å². The molecule has 98 valence electrons. The first-order valence-electron chi connectivity index (χ1n) is 6.31. The summed E-state index contributed by atoms with van der Waals surface area (Å²) in [5, 5.41) is 6.00. The minimum absolute atomic E-state index is 0.0699. The zero-order valence-corrected chi connectivity index (χ0v) is 11.2. The molecule has 3 nitrogen and oxygen atoms in total. The monoisotopic (exact) mass is 254 g/mol. The molecule has 0 radical (unpaired) electrons. The summed E-state index contributed by atoms with van der Waals surface area (Å²) in [4.78, 5) is 12.1. The van der Waals surface area contributed by atoms with Gasteiger partial charge in [-0.15, -0.1) is 0 Å². The van der Waals surface area contributed by atoms with Crippen LogP contribution in [-0.4, -0.2) is 13.0 Å². The van der Waals surface area contributed by atoms with Gasteiger partial charge in [0, 0.05) is 17.8 Å². The molecule has 0 bridgehead atoms. The Bertz CT molecular complexity index is 561. The summed E-state index contributed by atoms with van der Waals surface area (Å²) >= 11 is 0. The summed E-state index contributed by atoms with van der Waals surface area (Å²) < 4.78 is 0. The van der Waals surface area contributed by atoms with Crippen LogP contribution >= 0.6 is 0 Å². The molecule has 0 heterocycles. The highest BCUT2D eigenvalue weighted by atomic mass is 16.1. The van der Waals surface area contributed by atoms with Crippen LogP contribution < -0.4 is 10.6 Å². The Kier molecular flexibility index (Phi) is 4.31. The van der Waals surface area contributed by atoms with Gasteiger partial charge >= 0.3 is 0 Å². The first-order valence-corrected chi connectivity index (χ1v) is 6.31. The van der Waals surface area contributed by atoms with E-state index in [4.69, 9.17) is 0 Å². The molecule has 0 aliphatic rings. The predicted molar refractivity (Wildman–Crippen MR) is 78.3 cm³/mol. The second kappa shape index (κ2) is 6.16. The second-order valence-corrected chi connectivity index (χ2v) is 4.50. The second-order valence-electron chi connectivity index (χ2n) is 4.50. The van der Waals surface area contributed by atoms with Crippen LogP contribution in [0.4, 0.5) is 5.69 Å². The Morgan fingerprint density at radius 3 is 2.37 bits per heavy atom. The Labute approximate surface area is 113 Å². The third kappa shape index (κ3) is 3.42. The van der Waals surface area contributed by atoms with Crippen LogP contribution in [0.3, 0.4) is 0 Å². The maximum absolute atomic E-state index is 12.1. The van der Waals surface area contributed by atoms with Crippen molar-refractivity contribution < 1.29 is 4.79 Å². The van der Waals surface area contributed by atoms with Crippen molar-refractivity contribution >= 4 is 11.6 Å². The fourth-order valence-electron chi connectivity index (χ4n) is 1.94. The number of nitrogens with one attached hydrogen (secondary N) is 2. The van der Waals surface area contributed by atoms with Crippen molar-refractivity contribution in [1.29, 1.82) is 0 Å². The smallest absolute Gasteiger partial charge is 0.255 e. The van der Waals surface area contributed by atoms with Gasteiger partial charge < -0.3 is 10.6 Å². The average Bonchev–Trinajstić information content (AvgIpc) is 2.42. The molecule has 0 unspecified atom stereocenters. The standard InChI is InChI=1S/C16H18N2O/c1-12-5-3-4-6-15(12)16(19)18-14-9-7-13(8-10-14)11-17-2/h3-10,17H,11H2,1-2H3,(H,18,19). The molecule has 0 aromatic heterocycles. The molecule has 1 amide bonds. The summed E-state index contributed by atoms with van der Waals surface area (Å²) in [6.45, 7) is 2.76. The summed E-state index contributed by atoms with van der Waals surface area (Å²) in [5.74, 6) is -0.0699. The highest BCUT2D eigenvalue weighted by molar-refractivity contribution is 6.05. The average molecular weight is 254 g/mol. The number of rotatable bonds is 4. The highest BCUT2D eigenvalue weighted by Crippen LogP contribution is 2.13. The van der Waals surface area contributed by atoms with Gasteiger partial charge in [-0.1, -0.05) is 30.3 Å². The molecule has 0 spiro atoms. The zero-order valence-electron chi connectivity index (χ0n) is 11.2. The first-order chi connectivity index (χ1) is 9.20. The molecule has 3 heteroatoms. The molecule has 0 atom stereocenters. The topological polar surface area (TPSA) is 41.1 Å². The van der Waals surface area contributed by atoms with Gasteiger partial charge in [-0.25, -0.2) is 0 Å². The van der Waals surface area contributed by atoms with E-state index in [2.05, 4.69) is 10.6 Å². The van der Waals surface area contributed by atoms with E-state index in [0.717, 1.165) is 17.8 Å². The first kappa shape index (κ1) is 13.3. The SMILES string of the molecule is CNCc1ccc(NC(=O)c2ccccc2C)cc1. The van der Waals surface area contributed by atoms with Gasteiger partial charge in [0.1, 0.15) is 0 Å². The Morgan fingerprint density at radius 2 is 1.74 bits per heavy atom. The lowest BCUT2D eigenvalue weighted by atomic mass is 10.1. The quantitative estimate of drug-likeness (QED) is 0.880. The van der Waals surface area contributed by atoms with Gasteiger partial charge in [-0.2, -0.15) is 0 Å². The van der Waals surface area contributed by atoms with Crippen LogP contribution in [0.2, 0.25) is 0 Å². The molecule has 2 N–H and O–H groups in total. The Balaban J connectivity index is 2.09. The number of hydrogen-bond acceptors (Lipinski definition) is 2. The lowest BCUT2D eigenvalue weighted by Gasteiger charge is -2.08. The molecular formula is C16H18N2O. The van der Waals surface area contributed by atoms with Gasteiger partial charge in [0.2, 0.25) is 0 Å². The highest BCUT2D eigenvalue weighted by Gasteiger charge is 2.08. The van der Waals surface area contributed by atoms with Crippen molar-refractivity contribution in [3.05, 3.63) is 65.2 Å². The van der Waals surface area contributed by atoms with Gasteiger partial charge in [-0.3, -0.25) is 4.79 Å². The summed E-state index contributed by atoms with van der Waals surface area (Å²) in [6, 6.07) is 15.4. The van der Waals surface area contributed by atoms with Gasteiger partial charge in [0.05, 0.1) is 0 Å². The van der Waals surface area contributed by atoms with E-state index in [9.17, 15) is 4.79 Å². The van der Waals surface area contributed by atoms with E-state index in [0.29, 0.717) is 5.56 Å². The molecule has 2 aromatic rings. The number of anilines is 1. The van der Waals surface area contributed by atoms with Gasteiger partial charge in [-0.05, 0) is 43.3 Å².